The first-order valence-corrected chi connectivity index (χ1v) is 2.30. The number of hydrogen-bond acceptors (Lipinski definition) is 1. The molecule has 1 saturated heterocycles. The summed E-state index contributed by atoms with van der Waals surface area (Å²) in [6.07, 6.45) is 0. The first-order valence-electron chi connectivity index (χ1n) is 2.30. The van der Waals surface area contributed by atoms with Gasteiger partial charge in [0.05, 0.1) is 0 Å². The maximum atomic E-state index is 3.85. The Hall–Kier alpha value is 0.648. The fourth-order valence-corrected chi connectivity index (χ4v) is 0.828. The van der Waals surface area contributed by atoms with Crippen molar-refractivity contribution in [1.29, 1.82) is 0 Å². The van der Waals surface area contributed by atoms with E-state index in [0.717, 1.165) is 5.92 Å². The Labute approximate surface area is 59.3 Å². The van der Waals surface area contributed by atoms with E-state index in [-0.39, 0.29) is 21.1 Å². The quantitative estimate of drug-likeness (QED) is 0.574. The largest absolute Gasteiger partial charge is 0.338 e. The normalized spacial score (nSPS) is 23.1. The fraction of sp³-hybridized carbons (Fsp3) is 0.800. The van der Waals surface area contributed by atoms with Crippen LogP contribution in [0.3, 0.4) is 0 Å². The minimum Gasteiger partial charge on any atom is -0.338 e. The molecule has 42 valence electrons. The Morgan fingerprint density at radius 3 is 2.00 bits per heavy atom. The Kier molecular flexibility index (Phi) is 3.10. The Morgan fingerprint density at radius 2 is 2.00 bits per heavy atom. The van der Waals surface area contributed by atoms with Crippen LogP contribution in [-0.4, -0.2) is 25.0 Å². The van der Waals surface area contributed by atoms with Crippen LogP contribution in [0.4, 0.5) is 0 Å². The molecule has 0 aromatic carbocycles. The molecule has 0 radical (unpaired) electrons. The van der Waals surface area contributed by atoms with Gasteiger partial charge in [0.25, 0.3) is 0 Å². The molecule has 0 spiro atoms. The van der Waals surface area contributed by atoms with Crippen LogP contribution >= 0.6 is 0 Å². The summed E-state index contributed by atoms with van der Waals surface area (Å²) < 4.78 is 0. The average Bonchev–Trinajstić information content (AvgIpc) is 1.33. The van der Waals surface area contributed by atoms with Gasteiger partial charge in [0, 0.05) is 21.1 Å². The first-order chi connectivity index (χ1) is 2.79. The maximum absolute atomic E-state index is 3.85. The van der Waals surface area contributed by atoms with Gasteiger partial charge in [0.15, 0.2) is 0 Å². The first kappa shape index (κ1) is 7.65. The van der Waals surface area contributed by atoms with Gasteiger partial charge >= 0.3 is 0 Å². The second-order valence-electron chi connectivity index (χ2n) is 2.09. The van der Waals surface area contributed by atoms with E-state index in [1.165, 1.54) is 13.1 Å². The van der Waals surface area contributed by atoms with Gasteiger partial charge in [-0.1, -0.05) is 0 Å². The molecule has 0 atom stereocenters. The van der Waals surface area contributed by atoms with Crippen LogP contribution in [-0.2, 0) is 21.1 Å². The molecule has 0 aliphatic carbocycles. The second-order valence-corrected chi connectivity index (χ2v) is 2.09. The van der Waals surface area contributed by atoms with Gasteiger partial charge in [-0.15, -0.1) is 5.92 Å². The average molecular weight is 268 g/mol. The van der Waals surface area contributed by atoms with Crippen LogP contribution in [0, 0.1) is 12.8 Å². The predicted molar refractivity (Wildman–Crippen MR) is 26.3 cm³/mol. The number of rotatable bonds is 0. The molecule has 1 fully saturated rings. The Bertz CT molecular complexity index is 44.0. The van der Waals surface area contributed by atoms with Crippen LogP contribution in [0.1, 0.15) is 0 Å². The molecule has 0 aromatic heterocycles. The van der Waals surface area contributed by atoms with Gasteiger partial charge in [-0.3, -0.25) is 0 Å². The second kappa shape index (κ2) is 2.84. The zero-order valence-electron chi connectivity index (χ0n) is 4.55. The molecule has 2 heteroatoms. The summed E-state index contributed by atoms with van der Waals surface area (Å²) in [6, 6.07) is 0. The summed E-state index contributed by atoms with van der Waals surface area (Å²) in [5.41, 5.74) is 0. The minimum atomic E-state index is 0. The van der Waals surface area contributed by atoms with Crippen LogP contribution in [0.25, 0.3) is 0 Å². The monoisotopic (exact) mass is 268 g/mol. The van der Waals surface area contributed by atoms with Crippen molar-refractivity contribution in [2.75, 3.05) is 20.1 Å². The third-order valence-corrected chi connectivity index (χ3v) is 1.14. The van der Waals surface area contributed by atoms with Gasteiger partial charge in [-0.25, -0.2) is 0 Å². The van der Waals surface area contributed by atoms with Crippen molar-refractivity contribution >= 4 is 0 Å². The van der Waals surface area contributed by atoms with Crippen LogP contribution in [0.2, 0.25) is 0 Å². The fourth-order valence-electron chi connectivity index (χ4n) is 0.828. The van der Waals surface area contributed by atoms with Crippen molar-refractivity contribution in [2.24, 2.45) is 5.92 Å². The standard InChI is InChI=1S/C5H10N.W/c1-5-3-6(2)4-5;/h5H,1,3-4H2,2H3;/q-1;. The van der Waals surface area contributed by atoms with Gasteiger partial charge in [0.1, 0.15) is 0 Å². The molecule has 0 amide bonds. The van der Waals surface area contributed by atoms with E-state index >= 15 is 0 Å². The molecular formula is C5H10NW-. The molecule has 1 aliphatic heterocycles. The van der Waals surface area contributed by atoms with E-state index in [1.54, 1.807) is 0 Å². The third-order valence-electron chi connectivity index (χ3n) is 1.14. The van der Waals surface area contributed by atoms with Crippen molar-refractivity contribution in [3.05, 3.63) is 6.92 Å². The molecular weight excluding hydrogens is 258 g/mol. The molecule has 0 saturated carbocycles. The molecule has 1 nitrogen and oxygen atoms in total. The van der Waals surface area contributed by atoms with Crippen LogP contribution < -0.4 is 0 Å². The summed E-state index contributed by atoms with van der Waals surface area (Å²) >= 11 is 0. The van der Waals surface area contributed by atoms with E-state index in [1.807, 2.05) is 0 Å². The molecule has 1 aliphatic rings. The molecule has 0 N–H and O–H groups in total. The van der Waals surface area contributed by atoms with Crippen molar-refractivity contribution in [3.63, 3.8) is 0 Å². The summed E-state index contributed by atoms with van der Waals surface area (Å²) in [5.74, 6) is 0.718. The Balaban J connectivity index is 0.000000360. The molecule has 0 bridgehead atoms. The molecule has 7 heavy (non-hydrogen) atoms. The van der Waals surface area contributed by atoms with Crippen molar-refractivity contribution in [1.82, 2.24) is 4.90 Å². The van der Waals surface area contributed by atoms with Gasteiger partial charge in [-0.05, 0) is 20.1 Å². The van der Waals surface area contributed by atoms with E-state index in [0.29, 0.717) is 0 Å². The smallest absolute Gasteiger partial charge is 0 e. The van der Waals surface area contributed by atoms with Crippen molar-refractivity contribution in [3.8, 4) is 0 Å². The van der Waals surface area contributed by atoms with Crippen LogP contribution in [0.15, 0.2) is 0 Å². The third kappa shape index (κ3) is 1.92. The minimum absolute atomic E-state index is 0. The van der Waals surface area contributed by atoms with Crippen molar-refractivity contribution < 1.29 is 21.1 Å². The zero-order valence-corrected chi connectivity index (χ0v) is 7.49. The zero-order chi connectivity index (χ0) is 4.57. The molecule has 1 rings (SSSR count). The summed E-state index contributed by atoms with van der Waals surface area (Å²) in [7, 11) is 2.11. The van der Waals surface area contributed by atoms with Gasteiger partial charge < -0.3 is 11.8 Å². The molecule has 1 heterocycles. The van der Waals surface area contributed by atoms with Crippen molar-refractivity contribution in [2.45, 2.75) is 0 Å². The SMILES string of the molecule is [CH2-]C1CN(C)C1.[W]. The Morgan fingerprint density at radius 1 is 1.57 bits per heavy atom. The van der Waals surface area contributed by atoms with Gasteiger partial charge in [-0.2, -0.15) is 0 Å². The topological polar surface area (TPSA) is 3.24 Å². The number of nitrogens with zero attached hydrogens (tertiary/aromatic N) is 1. The molecule has 0 unspecified atom stereocenters. The maximum Gasteiger partial charge on any atom is 0 e. The number of hydrogen-bond donors (Lipinski definition) is 0. The van der Waals surface area contributed by atoms with E-state index in [4.69, 9.17) is 0 Å². The number of likely N-dealkylation sites (tertiary alicyclic amines) is 1. The van der Waals surface area contributed by atoms with Crippen LogP contribution in [0.5, 0.6) is 0 Å². The summed E-state index contributed by atoms with van der Waals surface area (Å²) in [6.45, 7) is 6.24. The van der Waals surface area contributed by atoms with E-state index in [2.05, 4.69) is 18.9 Å². The predicted octanol–water partition coefficient (Wildman–Crippen LogP) is 0.380. The van der Waals surface area contributed by atoms with E-state index in [9.17, 15) is 0 Å². The summed E-state index contributed by atoms with van der Waals surface area (Å²) in [5, 5.41) is 0. The van der Waals surface area contributed by atoms with Gasteiger partial charge in [0.2, 0.25) is 0 Å². The summed E-state index contributed by atoms with van der Waals surface area (Å²) in [4.78, 5) is 2.26. The molecule has 0 aromatic rings. The van der Waals surface area contributed by atoms with E-state index < -0.39 is 0 Å².